The van der Waals surface area contributed by atoms with Gasteiger partial charge in [-0.05, 0) is 12.1 Å². The Morgan fingerprint density at radius 1 is 1.39 bits per heavy atom. The molecule has 1 aliphatic heterocycles. The Morgan fingerprint density at radius 3 is 2.78 bits per heavy atom. The fraction of sp³-hybridized carbons (Fsp3) is 0.385. The third-order valence-corrected chi connectivity index (χ3v) is 2.65. The van der Waals surface area contributed by atoms with Crippen LogP contribution in [0.3, 0.4) is 0 Å². The molecule has 0 amide bonds. The van der Waals surface area contributed by atoms with Crippen molar-refractivity contribution >= 4 is 11.9 Å². The number of benzene rings is 1. The fourth-order valence-corrected chi connectivity index (χ4v) is 1.79. The predicted molar refractivity (Wildman–Crippen MR) is 61.8 cm³/mol. The minimum Gasteiger partial charge on any atom is -0.459 e. The first kappa shape index (κ1) is 12.6. The van der Waals surface area contributed by atoms with Crippen molar-refractivity contribution in [1.82, 2.24) is 0 Å². The molecule has 0 unspecified atom stereocenters. The number of ether oxygens (including phenoxy) is 2. The Kier molecular flexibility index (Phi) is 3.94. The third kappa shape index (κ3) is 3.30. The largest absolute Gasteiger partial charge is 0.459 e. The molecule has 5 heteroatoms. The zero-order valence-corrected chi connectivity index (χ0v) is 9.74. The monoisotopic (exact) mass is 250 g/mol. The molecular formula is C13H14O5. The Morgan fingerprint density at radius 2 is 2.11 bits per heavy atom. The molecule has 1 aliphatic rings. The van der Waals surface area contributed by atoms with Crippen LogP contribution < -0.4 is 0 Å². The van der Waals surface area contributed by atoms with Gasteiger partial charge in [-0.3, -0.25) is 4.79 Å². The van der Waals surface area contributed by atoms with E-state index in [1.165, 1.54) is 0 Å². The molecule has 1 N–H and O–H groups in total. The second-order valence-electron chi connectivity index (χ2n) is 4.17. The second-order valence-corrected chi connectivity index (χ2v) is 4.17. The summed E-state index contributed by atoms with van der Waals surface area (Å²) in [5.74, 6) is -0.929. The summed E-state index contributed by atoms with van der Waals surface area (Å²) < 4.78 is 10.0. The van der Waals surface area contributed by atoms with E-state index in [-0.39, 0.29) is 13.0 Å². The van der Waals surface area contributed by atoms with Gasteiger partial charge in [-0.25, -0.2) is 4.79 Å². The number of hydrogen-bond donors (Lipinski definition) is 1. The molecule has 0 aliphatic carbocycles. The highest BCUT2D eigenvalue weighted by atomic mass is 16.6. The van der Waals surface area contributed by atoms with E-state index in [0.29, 0.717) is 12.0 Å². The number of rotatable bonds is 3. The molecule has 96 valence electrons. The Balaban J connectivity index is 1.84. The van der Waals surface area contributed by atoms with Crippen molar-refractivity contribution in [2.75, 3.05) is 6.61 Å². The average Bonchev–Trinajstić information content (AvgIpc) is 2.36. The second kappa shape index (κ2) is 5.64. The fourth-order valence-electron chi connectivity index (χ4n) is 1.79. The van der Waals surface area contributed by atoms with Gasteiger partial charge < -0.3 is 14.6 Å². The molecule has 0 radical (unpaired) electrons. The average molecular weight is 250 g/mol. The Labute approximate surface area is 104 Å². The first-order valence-corrected chi connectivity index (χ1v) is 5.75. The molecule has 0 aromatic heterocycles. The van der Waals surface area contributed by atoms with Gasteiger partial charge in [0.05, 0.1) is 18.1 Å². The molecule has 18 heavy (non-hydrogen) atoms. The van der Waals surface area contributed by atoms with Crippen LogP contribution in [0.15, 0.2) is 30.3 Å². The highest BCUT2D eigenvalue weighted by Gasteiger charge is 2.28. The summed E-state index contributed by atoms with van der Waals surface area (Å²) in [6.45, 7) is -0.0312. The summed E-state index contributed by atoms with van der Waals surface area (Å²) >= 11 is 0. The molecular weight excluding hydrogens is 236 g/mol. The van der Waals surface area contributed by atoms with Crippen LogP contribution in [0.1, 0.15) is 23.2 Å². The number of aliphatic hydroxyl groups excluding tert-OH is 1. The number of aliphatic hydroxyl groups is 1. The van der Waals surface area contributed by atoms with Gasteiger partial charge in [0.25, 0.3) is 0 Å². The maximum Gasteiger partial charge on any atom is 0.338 e. The lowest BCUT2D eigenvalue weighted by Gasteiger charge is -2.25. The van der Waals surface area contributed by atoms with Gasteiger partial charge in [0, 0.05) is 6.42 Å². The molecule has 1 heterocycles. The third-order valence-electron chi connectivity index (χ3n) is 2.65. The summed E-state index contributed by atoms with van der Waals surface area (Å²) in [6.07, 6.45) is -0.975. The van der Waals surface area contributed by atoms with Gasteiger partial charge in [-0.2, -0.15) is 0 Å². The van der Waals surface area contributed by atoms with Crippen LogP contribution >= 0.6 is 0 Å². The zero-order chi connectivity index (χ0) is 13.0. The zero-order valence-electron chi connectivity index (χ0n) is 9.74. The molecule has 2 atom stereocenters. The van der Waals surface area contributed by atoms with Gasteiger partial charge in [0.2, 0.25) is 0 Å². The van der Waals surface area contributed by atoms with E-state index in [2.05, 4.69) is 0 Å². The lowest BCUT2D eigenvalue weighted by molar-refractivity contribution is -0.162. The van der Waals surface area contributed by atoms with Crippen LogP contribution in [0.2, 0.25) is 0 Å². The summed E-state index contributed by atoms with van der Waals surface area (Å²) in [4.78, 5) is 22.7. The van der Waals surface area contributed by atoms with Crippen molar-refractivity contribution in [1.29, 1.82) is 0 Å². The Bertz CT molecular complexity index is 428. The molecule has 1 saturated heterocycles. The van der Waals surface area contributed by atoms with Gasteiger partial charge in [0.15, 0.2) is 0 Å². The van der Waals surface area contributed by atoms with E-state index in [0.717, 1.165) is 0 Å². The van der Waals surface area contributed by atoms with Crippen molar-refractivity contribution in [3.05, 3.63) is 35.9 Å². The van der Waals surface area contributed by atoms with E-state index in [1.807, 2.05) is 0 Å². The van der Waals surface area contributed by atoms with E-state index in [1.54, 1.807) is 30.3 Å². The van der Waals surface area contributed by atoms with Crippen LogP contribution in [-0.4, -0.2) is 35.9 Å². The molecule has 1 aromatic carbocycles. The topological polar surface area (TPSA) is 72.8 Å². The minimum atomic E-state index is -0.716. The van der Waals surface area contributed by atoms with Crippen molar-refractivity contribution in [2.45, 2.75) is 25.0 Å². The van der Waals surface area contributed by atoms with E-state index >= 15 is 0 Å². The minimum absolute atomic E-state index is 0.00311. The van der Waals surface area contributed by atoms with Gasteiger partial charge in [-0.15, -0.1) is 0 Å². The quantitative estimate of drug-likeness (QED) is 0.807. The molecule has 0 spiro atoms. The van der Waals surface area contributed by atoms with E-state index < -0.39 is 24.1 Å². The summed E-state index contributed by atoms with van der Waals surface area (Å²) in [5, 5.41) is 9.39. The molecule has 1 fully saturated rings. The van der Waals surface area contributed by atoms with Crippen molar-refractivity contribution < 1.29 is 24.2 Å². The first-order chi connectivity index (χ1) is 8.65. The molecule has 0 saturated carbocycles. The molecule has 5 nitrogen and oxygen atoms in total. The highest BCUT2D eigenvalue weighted by Crippen LogP contribution is 2.15. The van der Waals surface area contributed by atoms with Crippen LogP contribution in [0.4, 0.5) is 0 Å². The van der Waals surface area contributed by atoms with Gasteiger partial charge >= 0.3 is 11.9 Å². The lowest BCUT2D eigenvalue weighted by atomic mass is 10.1. The number of carbonyl (C=O) groups excluding carboxylic acids is 2. The lowest BCUT2D eigenvalue weighted by Crippen LogP contribution is -2.35. The first-order valence-electron chi connectivity index (χ1n) is 5.75. The predicted octanol–water partition coefficient (Wildman–Crippen LogP) is 0.910. The van der Waals surface area contributed by atoms with Crippen LogP contribution in [0.5, 0.6) is 0 Å². The summed E-state index contributed by atoms with van der Waals surface area (Å²) in [5.41, 5.74) is 0.445. The SMILES string of the molecule is O=C1C[C@H](O)C[C@@H](COC(=O)c2ccccc2)O1. The Hall–Kier alpha value is -1.88. The van der Waals surface area contributed by atoms with Crippen LogP contribution in [-0.2, 0) is 14.3 Å². The van der Waals surface area contributed by atoms with E-state index in [4.69, 9.17) is 9.47 Å². The number of carbonyl (C=O) groups is 2. The molecule has 0 bridgehead atoms. The summed E-state index contributed by atoms with van der Waals surface area (Å²) in [7, 11) is 0. The molecule has 2 rings (SSSR count). The number of esters is 2. The van der Waals surface area contributed by atoms with Gasteiger partial charge in [0.1, 0.15) is 12.7 Å². The maximum atomic E-state index is 11.6. The number of hydrogen-bond acceptors (Lipinski definition) is 5. The number of cyclic esters (lactones) is 1. The van der Waals surface area contributed by atoms with Crippen molar-refractivity contribution in [3.63, 3.8) is 0 Å². The van der Waals surface area contributed by atoms with Gasteiger partial charge in [-0.1, -0.05) is 18.2 Å². The maximum absolute atomic E-state index is 11.6. The smallest absolute Gasteiger partial charge is 0.338 e. The van der Waals surface area contributed by atoms with Crippen LogP contribution in [0.25, 0.3) is 0 Å². The standard InChI is InChI=1S/C13H14O5/c14-10-6-11(18-12(15)7-10)8-17-13(16)9-4-2-1-3-5-9/h1-5,10-11,14H,6-8H2/t10-,11+/m1/s1. The van der Waals surface area contributed by atoms with Crippen molar-refractivity contribution in [2.24, 2.45) is 0 Å². The normalized spacial score (nSPS) is 23.3. The summed E-state index contributed by atoms with van der Waals surface area (Å²) in [6, 6.07) is 8.56. The van der Waals surface area contributed by atoms with E-state index in [9.17, 15) is 14.7 Å². The molecule has 1 aromatic rings. The van der Waals surface area contributed by atoms with Crippen molar-refractivity contribution in [3.8, 4) is 0 Å². The van der Waals surface area contributed by atoms with Crippen LogP contribution in [0, 0.1) is 0 Å². The highest BCUT2D eigenvalue weighted by molar-refractivity contribution is 5.89.